The minimum atomic E-state index is -0.511. The summed E-state index contributed by atoms with van der Waals surface area (Å²) >= 11 is 7.21. The fraction of sp³-hybridized carbons (Fsp3) is 0.472. The van der Waals surface area contributed by atoms with Crippen LogP contribution in [-0.4, -0.2) is 55.2 Å². The van der Waals surface area contributed by atoms with E-state index in [0.717, 1.165) is 63.3 Å². The van der Waals surface area contributed by atoms with Gasteiger partial charge in [-0.15, -0.1) is 0 Å². The van der Waals surface area contributed by atoms with E-state index in [9.17, 15) is 19.5 Å². The second-order valence-corrected chi connectivity index (χ2v) is 15.2. The number of ether oxygens (including phenoxy) is 4. The number of primary amides is 2. The molecule has 6 unspecified atom stereocenters. The molecule has 0 aromatic heterocycles. The molecule has 0 fully saturated rings. The Bertz CT molecular complexity index is 1790. The molecule has 2 aliphatic heterocycles. The van der Waals surface area contributed by atoms with E-state index in [-0.39, 0.29) is 52.5 Å². The van der Waals surface area contributed by atoms with E-state index >= 15 is 0 Å². The third-order valence-corrected chi connectivity index (χ3v) is 12.4. The van der Waals surface area contributed by atoms with E-state index in [4.69, 9.17) is 30.4 Å². The summed E-state index contributed by atoms with van der Waals surface area (Å²) in [6.45, 7) is 0. The van der Waals surface area contributed by atoms with Crippen molar-refractivity contribution < 1.29 is 38.4 Å². The third kappa shape index (κ3) is 4.92. The predicted molar refractivity (Wildman–Crippen MR) is 184 cm³/mol. The highest BCUT2D eigenvalue weighted by atomic mass is 79.9. The van der Waals surface area contributed by atoms with Gasteiger partial charge in [0.2, 0.25) is 11.8 Å². The molecule has 12 heteroatoms. The maximum atomic E-state index is 12.1. The van der Waals surface area contributed by atoms with Gasteiger partial charge >= 0.3 is 0 Å². The Hall–Kier alpha value is -3.35. The predicted octanol–water partition coefficient (Wildman–Crippen LogP) is 5.27. The van der Waals surface area contributed by atoms with Gasteiger partial charge in [-0.3, -0.25) is 14.4 Å². The summed E-state index contributed by atoms with van der Waals surface area (Å²) in [6, 6.07) is 3.67. The lowest BCUT2D eigenvalue weighted by Gasteiger charge is -2.35. The second kappa shape index (κ2) is 12.2. The highest BCUT2D eigenvalue weighted by molar-refractivity contribution is 9.10. The number of aliphatic hydroxyl groups excluding tert-OH is 1. The van der Waals surface area contributed by atoms with Gasteiger partial charge in [0.1, 0.15) is 12.2 Å². The number of hydrogen-bond acceptors (Lipinski definition) is 8. The Labute approximate surface area is 295 Å². The molecule has 10 nitrogen and oxygen atoms in total. The largest absolute Gasteiger partial charge is 0.493 e. The first-order valence-corrected chi connectivity index (χ1v) is 17.9. The summed E-state index contributed by atoms with van der Waals surface area (Å²) in [6.07, 6.45) is 12.3. The molecule has 0 saturated heterocycles. The molecule has 48 heavy (non-hydrogen) atoms. The van der Waals surface area contributed by atoms with Crippen molar-refractivity contribution in [1.29, 1.82) is 0 Å². The number of amides is 2. The minimum Gasteiger partial charge on any atom is -0.493 e. The molecule has 4 aliphatic carbocycles. The monoisotopic (exact) mass is 784 g/mol. The normalized spacial score (nSPS) is 31.7. The summed E-state index contributed by atoms with van der Waals surface area (Å²) in [5.74, 6) is 1.29. The number of aliphatic hydroxyl groups is 1. The fourth-order valence-electron chi connectivity index (χ4n) is 8.94. The molecule has 2 aromatic carbocycles. The van der Waals surface area contributed by atoms with E-state index in [0.29, 0.717) is 42.3 Å². The van der Waals surface area contributed by atoms with E-state index in [1.165, 1.54) is 0 Å². The average Bonchev–Trinajstić information content (AvgIpc) is 3.39. The number of carbonyl (C=O) groups is 3. The number of nitrogens with two attached hydrogens (primary N) is 2. The molecule has 8 rings (SSSR count). The van der Waals surface area contributed by atoms with Crippen LogP contribution in [0, 0.1) is 0 Å². The van der Waals surface area contributed by atoms with Gasteiger partial charge in [-0.25, -0.2) is 0 Å². The summed E-state index contributed by atoms with van der Waals surface area (Å²) < 4.78 is 25.1. The first-order chi connectivity index (χ1) is 23.0. The first kappa shape index (κ1) is 33.2. The maximum Gasteiger partial charge on any atom is 0.225 e. The fourth-order valence-corrected chi connectivity index (χ4v) is 10.3. The van der Waals surface area contributed by atoms with Crippen molar-refractivity contribution in [2.75, 3.05) is 14.2 Å². The lowest BCUT2D eigenvalue weighted by molar-refractivity contribution is -0.120. The zero-order chi connectivity index (χ0) is 34.1. The van der Waals surface area contributed by atoms with Gasteiger partial charge in [-0.1, -0.05) is 62.9 Å². The molecule has 0 radical (unpaired) electrons. The molecule has 2 aromatic rings. The zero-order valence-electron chi connectivity index (χ0n) is 26.7. The molecular weight excluding hydrogens is 748 g/mol. The minimum absolute atomic E-state index is 0.0636. The molecule has 0 saturated carbocycles. The number of ketones is 1. The molecule has 2 spiro atoms. The highest BCUT2D eigenvalue weighted by Crippen LogP contribution is 2.61. The van der Waals surface area contributed by atoms with Gasteiger partial charge in [-0.2, -0.15) is 0 Å². The topological polar surface area (TPSA) is 160 Å². The Balaban J connectivity index is 0.000000152. The van der Waals surface area contributed by atoms with Gasteiger partial charge < -0.3 is 35.5 Å². The maximum absolute atomic E-state index is 12.1. The van der Waals surface area contributed by atoms with Gasteiger partial charge in [-0.05, 0) is 55.0 Å². The summed E-state index contributed by atoms with van der Waals surface area (Å²) in [4.78, 5) is 36.1. The van der Waals surface area contributed by atoms with Crippen molar-refractivity contribution in [3.63, 3.8) is 0 Å². The first-order valence-electron chi connectivity index (χ1n) is 16.3. The number of halogens is 2. The van der Waals surface area contributed by atoms with Crippen molar-refractivity contribution in [1.82, 2.24) is 0 Å². The van der Waals surface area contributed by atoms with Crippen LogP contribution >= 0.6 is 31.9 Å². The van der Waals surface area contributed by atoms with E-state index in [1.54, 1.807) is 20.3 Å². The molecule has 254 valence electrons. The summed E-state index contributed by atoms with van der Waals surface area (Å²) in [7, 11) is 3.20. The highest BCUT2D eigenvalue weighted by Gasteiger charge is 2.55. The molecule has 7 atom stereocenters. The van der Waals surface area contributed by atoms with Crippen molar-refractivity contribution in [2.45, 2.75) is 92.3 Å². The van der Waals surface area contributed by atoms with Gasteiger partial charge in [0.25, 0.3) is 0 Å². The van der Waals surface area contributed by atoms with Crippen LogP contribution in [0.3, 0.4) is 0 Å². The molecule has 5 N–H and O–H groups in total. The smallest absolute Gasteiger partial charge is 0.225 e. The number of benzene rings is 2. The Morgan fingerprint density at radius 2 is 1.35 bits per heavy atom. The van der Waals surface area contributed by atoms with E-state index in [1.807, 2.05) is 24.3 Å². The quantitative estimate of drug-likeness (QED) is 0.354. The molecule has 2 heterocycles. The zero-order valence-corrected chi connectivity index (χ0v) is 29.9. The standard InChI is InChI=1S/C18H20BrNO4.C18H18BrNO4/c2*1-23-12-8-11(19)14-10(17(20)22)3-2-5-18-6-4-9(21)7-13(18)24-16(12)15(14)18/h4,6,8-10,13,21H,2-3,5,7H2,1H3,(H2,20,22);4,6,8,10,13H,2-3,5,7H2,1H3,(H2,20,22)/t9-,10?,13?,18?;/m0./s1. The van der Waals surface area contributed by atoms with Crippen molar-refractivity contribution >= 4 is 49.5 Å². The molecule has 6 aliphatic rings. The van der Waals surface area contributed by atoms with Crippen LogP contribution in [-0.2, 0) is 25.2 Å². The van der Waals surface area contributed by atoms with Crippen LogP contribution in [0.4, 0.5) is 0 Å². The average molecular weight is 787 g/mol. The van der Waals surface area contributed by atoms with Crippen LogP contribution in [0.1, 0.15) is 85.5 Å². The SMILES string of the molecule is COc1cc(Br)c2c3c1OC1CC(=O)C=CC31CCCC2C(N)=O.COc1cc(Br)c2c3c1OC1C[C@@H](O)C=CC31CCCC2C(N)=O. The van der Waals surface area contributed by atoms with E-state index in [2.05, 4.69) is 37.9 Å². The van der Waals surface area contributed by atoms with Crippen LogP contribution < -0.4 is 30.4 Å². The Morgan fingerprint density at radius 3 is 1.85 bits per heavy atom. The second-order valence-electron chi connectivity index (χ2n) is 13.5. The Kier molecular flexibility index (Phi) is 8.43. The molecule has 0 bridgehead atoms. The number of methoxy groups -OCH3 is 2. The lowest BCUT2D eigenvalue weighted by Crippen LogP contribution is -2.41. The van der Waals surface area contributed by atoms with Crippen LogP contribution in [0.2, 0.25) is 0 Å². The summed E-state index contributed by atoms with van der Waals surface area (Å²) in [5, 5.41) is 10.0. The van der Waals surface area contributed by atoms with Crippen molar-refractivity contribution in [3.05, 3.63) is 67.6 Å². The lowest BCUT2D eigenvalue weighted by atomic mass is 9.68. The van der Waals surface area contributed by atoms with E-state index < -0.39 is 6.10 Å². The van der Waals surface area contributed by atoms with Gasteiger partial charge in [0.05, 0.1) is 43.0 Å². The van der Waals surface area contributed by atoms with Crippen LogP contribution in [0.15, 0.2) is 45.4 Å². The number of carbonyl (C=O) groups excluding carboxylic acids is 3. The third-order valence-electron chi connectivity index (χ3n) is 11.1. The molecule has 2 amide bonds. The van der Waals surface area contributed by atoms with Crippen molar-refractivity contribution in [3.8, 4) is 23.0 Å². The number of allylic oxidation sites excluding steroid dienone is 1. The Morgan fingerprint density at radius 1 is 0.854 bits per heavy atom. The van der Waals surface area contributed by atoms with Crippen molar-refractivity contribution in [2.24, 2.45) is 11.5 Å². The van der Waals surface area contributed by atoms with Crippen LogP contribution in [0.25, 0.3) is 0 Å². The van der Waals surface area contributed by atoms with Crippen LogP contribution in [0.5, 0.6) is 23.0 Å². The molecular formula is C36H38Br2N2O8. The van der Waals surface area contributed by atoms with Gasteiger partial charge in [0.15, 0.2) is 28.8 Å². The summed E-state index contributed by atoms with van der Waals surface area (Å²) in [5.41, 5.74) is 14.4. The number of rotatable bonds is 4. The number of hydrogen-bond donors (Lipinski definition) is 3. The van der Waals surface area contributed by atoms with Gasteiger partial charge in [0, 0.05) is 32.9 Å².